The van der Waals surface area contributed by atoms with Crippen LogP contribution in [0.4, 0.5) is 10.5 Å². The molecule has 1 atom stereocenters. The number of nitrogens with zero attached hydrogens (tertiary/aromatic N) is 4. The molecular weight excluding hydrogens is 482 g/mol. The highest BCUT2D eigenvalue weighted by molar-refractivity contribution is 6.30. The van der Waals surface area contributed by atoms with Crippen molar-refractivity contribution >= 4 is 23.3 Å². The Labute approximate surface area is 220 Å². The lowest BCUT2D eigenvalue weighted by atomic mass is 10.00. The molecule has 2 aromatic heterocycles. The van der Waals surface area contributed by atoms with Crippen LogP contribution in [0.5, 0.6) is 0 Å². The van der Waals surface area contributed by atoms with Crippen molar-refractivity contribution in [2.24, 2.45) is 0 Å². The predicted molar refractivity (Wildman–Crippen MR) is 147 cm³/mol. The number of halogens is 1. The maximum absolute atomic E-state index is 13.9. The van der Waals surface area contributed by atoms with Crippen molar-refractivity contribution in [1.29, 1.82) is 0 Å². The molecule has 0 bridgehead atoms. The van der Waals surface area contributed by atoms with E-state index < -0.39 is 0 Å². The molecule has 0 unspecified atom stereocenters. The Morgan fingerprint density at radius 3 is 2.49 bits per heavy atom. The minimum Gasteiger partial charge on any atom is -0.308 e. The van der Waals surface area contributed by atoms with E-state index in [9.17, 15) is 4.79 Å². The molecule has 0 saturated heterocycles. The number of amides is 2. The zero-order valence-electron chi connectivity index (χ0n) is 20.6. The van der Waals surface area contributed by atoms with Gasteiger partial charge in [-0.2, -0.15) is 5.10 Å². The molecule has 2 amide bonds. The van der Waals surface area contributed by atoms with Crippen molar-refractivity contribution in [3.8, 4) is 11.5 Å². The lowest BCUT2D eigenvalue weighted by molar-refractivity contribution is 0.194. The third-order valence-electron chi connectivity index (χ3n) is 6.80. The second kappa shape index (κ2) is 9.30. The molecule has 1 aliphatic heterocycles. The number of aryl methyl sites for hydroxylation is 2. The summed E-state index contributed by atoms with van der Waals surface area (Å²) in [4.78, 5) is 15.8. The molecule has 3 aromatic carbocycles. The second-order valence-corrected chi connectivity index (χ2v) is 9.76. The number of carbonyl (C=O) groups excluding carboxylic acids is 1. The number of aromatic nitrogens is 3. The average molecular weight is 508 g/mol. The molecule has 1 aliphatic rings. The van der Waals surface area contributed by atoms with Crippen LogP contribution in [-0.2, 0) is 6.54 Å². The van der Waals surface area contributed by atoms with E-state index in [4.69, 9.17) is 16.7 Å². The van der Waals surface area contributed by atoms with Crippen molar-refractivity contribution in [3.63, 3.8) is 0 Å². The van der Waals surface area contributed by atoms with E-state index in [1.165, 1.54) is 0 Å². The highest BCUT2D eigenvalue weighted by atomic mass is 35.5. The van der Waals surface area contributed by atoms with Crippen LogP contribution in [0, 0.1) is 13.8 Å². The molecule has 3 heterocycles. The van der Waals surface area contributed by atoms with Gasteiger partial charge in [0.05, 0.1) is 29.7 Å². The molecule has 0 fully saturated rings. The molecule has 6 nitrogen and oxygen atoms in total. The molecule has 1 N–H and O–H groups in total. The molecule has 184 valence electrons. The molecule has 0 aliphatic carbocycles. The summed E-state index contributed by atoms with van der Waals surface area (Å²) >= 11 is 6.07. The Kier molecular flexibility index (Phi) is 5.81. The first-order chi connectivity index (χ1) is 18.0. The second-order valence-electron chi connectivity index (χ2n) is 9.32. The maximum Gasteiger partial charge on any atom is 0.322 e. The van der Waals surface area contributed by atoms with Gasteiger partial charge in [-0.15, -0.1) is 0 Å². The topological polar surface area (TPSA) is 55.1 Å². The summed E-state index contributed by atoms with van der Waals surface area (Å²) in [5, 5.41) is 8.61. The molecule has 0 radical (unpaired) electrons. The van der Waals surface area contributed by atoms with Crippen LogP contribution in [0.1, 0.15) is 34.1 Å². The third kappa shape index (κ3) is 4.19. The summed E-state index contributed by atoms with van der Waals surface area (Å²) in [6, 6.07) is 29.2. The number of benzene rings is 3. The minimum atomic E-state index is -0.307. The van der Waals surface area contributed by atoms with Gasteiger partial charge in [0.15, 0.2) is 0 Å². The van der Waals surface area contributed by atoms with Gasteiger partial charge in [-0.25, -0.2) is 9.48 Å². The van der Waals surface area contributed by atoms with E-state index in [1.807, 2.05) is 71.1 Å². The van der Waals surface area contributed by atoms with E-state index in [0.717, 1.165) is 39.6 Å². The van der Waals surface area contributed by atoms with Crippen molar-refractivity contribution in [1.82, 2.24) is 19.2 Å². The molecule has 37 heavy (non-hydrogen) atoms. The highest BCUT2D eigenvalue weighted by Gasteiger charge is 2.36. The molecule has 7 heteroatoms. The van der Waals surface area contributed by atoms with E-state index >= 15 is 0 Å². The number of hydrogen-bond donors (Lipinski definition) is 1. The number of carbonyl (C=O) groups is 1. The van der Waals surface area contributed by atoms with Crippen molar-refractivity contribution in [2.45, 2.75) is 26.4 Å². The van der Waals surface area contributed by atoms with Gasteiger partial charge in [0.2, 0.25) is 0 Å². The first-order valence-corrected chi connectivity index (χ1v) is 12.6. The normalized spacial score (nSPS) is 14.6. The molecule has 0 spiro atoms. The monoisotopic (exact) mass is 507 g/mol. The minimum absolute atomic E-state index is 0.193. The average Bonchev–Trinajstić information content (AvgIpc) is 3.46. The van der Waals surface area contributed by atoms with E-state index in [2.05, 4.69) is 47.3 Å². The van der Waals surface area contributed by atoms with Gasteiger partial charge in [-0.3, -0.25) is 0 Å². The van der Waals surface area contributed by atoms with Crippen molar-refractivity contribution in [2.75, 3.05) is 5.32 Å². The van der Waals surface area contributed by atoms with Crippen LogP contribution in [0.3, 0.4) is 0 Å². The van der Waals surface area contributed by atoms with E-state index in [0.29, 0.717) is 17.3 Å². The number of fused-ring (bicyclic) bond motifs is 3. The summed E-state index contributed by atoms with van der Waals surface area (Å²) < 4.78 is 4.15. The van der Waals surface area contributed by atoms with Crippen LogP contribution in [0.15, 0.2) is 97.2 Å². The summed E-state index contributed by atoms with van der Waals surface area (Å²) in [7, 11) is 0. The lowest BCUT2D eigenvalue weighted by Gasteiger charge is -2.31. The first kappa shape index (κ1) is 23.1. The lowest BCUT2D eigenvalue weighted by Crippen LogP contribution is -2.38. The van der Waals surface area contributed by atoms with E-state index in [-0.39, 0.29) is 12.1 Å². The van der Waals surface area contributed by atoms with Gasteiger partial charge >= 0.3 is 6.03 Å². The van der Waals surface area contributed by atoms with E-state index in [1.54, 1.807) is 12.1 Å². The molecular formula is C30H26ClN5O. The quantitative estimate of drug-likeness (QED) is 0.284. The SMILES string of the molecule is Cc1cccc([C@@H]2c3cccn3-c3c(c(C)nn3-c3ccccc3)CN2C(=O)Nc2ccc(Cl)cc2)c1. The number of hydrogen-bond acceptors (Lipinski definition) is 2. The van der Waals surface area contributed by atoms with Crippen LogP contribution in [0.25, 0.3) is 11.5 Å². The van der Waals surface area contributed by atoms with Crippen molar-refractivity contribution in [3.05, 3.63) is 130 Å². The Balaban J connectivity index is 1.53. The summed E-state index contributed by atoms with van der Waals surface area (Å²) in [5.74, 6) is 0.947. The molecule has 5 aromatic rings. The summed E-state index contributed by atoms with van der Waals surface area (Å²) in [5.41, 5.74) is 6.73. The third-order valence-corrected chi connectivity index (χ3v) is 7.05. The van der Waals surface area contributed by atoms with Gasteiger partial charge in [0.25, 0.3) is 0 Å². The fourth-order valence-electron chi connectivity index (χ4n) is 5.07. The molecule has 0 saturated carbocycles. The predicted octanol–water partition coefficient (Wildman–Crippen LogP) is 7.07. The zero-order valence-corrected chi connectivity index (χ0v) is 21.4. The Bertz CT molecular complexity index is 1590. The van der Waals surface area contributed by atoms with Crippen molar-refractivity contribution < 1.29 is 4.79 Å². The Morgan fingerprint density at radius 2 is 1.73 bits per heavy atom. The van der Waals surface area contributed by atoms with Crippen LogP contribution in [-0.4, -0.2) is 25.3 Å². The number of anilines is 1. The Hall–Kier alpha value is -4.29. The molecule has 6 rings (SSSR count). The smallest absolute Gasteiger partial charge is 0.308 e. The van der Waals surface area contributed by atoms with Gasteiger partial charge < -0.3 is 14.8 Å². The standard InChI is InChI=1S/C30H26ClN5O/c1-20-8-6-9-22(18-20)28-27-12-7-17-34(27)29-26(21(2)33-36(29)25-10-4-3-5-11-25)19-35(28)30(37)32-24-15-13-23(31)14-16-24/h3-18,28H,19H2,1-2H3,(H,32,37)/t28-/m1/s1. The maximum atomic E-state index is 13.9. The van der Waals surface area contributed by atoms with Gasteiger partial charge in [-0.05, 0) is 67.9 Å². The summed E-state index contributed by atoms with van der Waals surface area (Å²) in [6.07, 6.45) is 2.05. The fourth-order valence-corrected chi connectivity index (χ4v) is 5.19. The first-order valence-electron chi connectivity index (χ1n) is 12.2. The number of rotatable bonds is 3. The number of urea groups is 1. The van der Waals surface area contributed by atoms with Crippen LogP contribution >= 0.6 is 11.6 Å². The number of para-hydroxylation sites is 1. The largest absolute Gasteiger partial charge is 0.322 e. The van der Waals surface area contributed by atoms with Crippen LogP contribution in [0.2, 0.25) is 5.02 Å². The van der Waals surface area contributed by atoms with Gasteiger partial charge in [0, 0.05) is 22.5 Å². The number of nitrogens with one attached hydrogen (secondary N) is 1. The van der Waals surface area contributed by atoms with Crippen LogP contribution < -0.4 is 5.32 Å². The Morgan fingerprint density at radius 1 is 0.946 bits per heavy atom. The zero-order chi connectivity index (χ0) is 25.5. The summed E-state index contributed by atoms with van der Waals surface area (Å²) in [6.45, 7) is 4.47. The highest BCUT2D eigenvalue weighted by Crippen LogP contribution is 2.39. The fraction of sp³-hybridized carbons (Fsp3) is 0.133. The van der Waals surface area contributed by atoms with Gasteiger partial charge in [-0.1, -0.05) is 59.6 Å². The van der Waals surface area contributed by atoms with Gasteiger partial charge in [0.1, 0.15) is 5.82 Å².